The Morgan fingerprint density at radius 3 is 2.96 bits per heavy atom. The van der Waals surface area contributed by atoms with Crippen LogP contribution in [0.1, 0.15) is 18.9 Å². The fourth-order valence-corrected chi connectivity index (χ4v) is 3.90. The van der Waals surface area contributed by atoms with Crippen molar-refractivity contribution in [2.24, 2.45) is 10.7 Å². The Morgan fingerprint density at radius 2 is 2.22 bits per heavy atom. The predicted octanol–water partition coefficient (Wildman–Crippen LogP) is 4.16. The van der Waals surface area contributed by atoms with Gasteiger partial charge in [0.05, 0.1) is 11.2 Å². The third-order valence-corrected chi connectivity index (χ3v) is 5.25. The summed E-state index contributed by atoms with van der Waals surface area (Å²) >= 11 is 7.37. The molecule has 1 unspecified atom stereocenters. The number of aliphatic imine (C=N–C) groups is 1. The number of ether oxygens (including phenoxy) is 1. The highest BCUT2D eigenvalue weighted by Gasteiger charge is 2.30. The molecule has 1 heterocycles. The summed E-state index contributed by atoms with van der Waals surface area (Å²) < 4.78 is 19.6. The van der Waals surface area contributed by atoms with E-state index in [-0.39, 0.29) is 12.3 Å². The lowest BCUT2D eigenvalue weighted by Crippen LogP contribution is -2.29. The van der Waals surface area contributed by atoms with E-state index in [1.165, 1.54) is 17.8 Å². The second-order valence-electron chi connectivity index (χ2n) is 6.31. The first-order valence-corrected chi connectivity index (χ1v) is 9.68. The summed E-state index contributed by atoms with van der Waals surface area (Å²) in [5.74, 6) is 0.293. The SMILES string of the molecule is CC1(c2ccc(F)c(NC(=O)COc3cccc(Cl)c3)c2)CCSC(N)=N1. The smallest absolute Gasteiger partial charge is 0.262 e. The number of nitrogens with one attached hydrogen (secondary N) is 1. The molecule has 1 aliphatic rings. The monoisotopic (exact) mass is 407 g/mol. The first kappa shape index (κ1) is 19.5. The van der Waals surface area contributed by atoms with Crippen molar-refractivity contribution in [1.82, 2.24) is 0 Å². The van der Waals surface area contributed by atoms with E-state index >= 15 is 0 Å². The quantitative estimate of drug-likeness (QED) is 0.780. The van der Waals surface area contributed by atoms with E-state index in [4.69, 9.17) is 22.1 Å². The number of nitrogens with two attached hydrogens (primary N) is 1. The first-order chi connectivity index (χ1) is 12.9. The van der Waals surface area contributed by atoms with Gasteiger partial charge in [0.1, 0.15) is 11.6 Å². The fraction of sp³-hybridized carbons (Fsp3) is 0.263. The zero-order valence-corrected chi connectivity index (χ0v) is 16.2. The summed E-state index contributed by atoms with van der Waals surface area (Å²) in [6.07, 6.45) is 0.773. The number of hydrogen-bond donors (Lipinski definition) is 2. The van der Waals surface area contributed by atoms with Gasteiger partial charge >= 0.3 is 0 Å². The van der Waals surface area contributed by atoms with E-state index in [0.717, 1.165) is 17.7 Å². The van der Waals surface area contributed by atoms with Gasteiger partial charge in [-0.25, -0.2) is 4.39 Å². The molecule has 0 spiro atoms. The van der Waals surface area contributed by atoms with Crippen LogP contribution in [0.2, 0.25) is 5.02 Å². The van der Waals surface area contributed by atoms with Gasteiger partial charge in [-0.2, -0.15) is 0 Å². The number of halogens is 2. The largest absolute Gasteiger partial charge is 0.484 e. The fourth-order valence-electron chi connectivity index (χ4n) is 2.74. The van der Waals surface area contributed by atoms with Gasteiger partial charge in [-0.1, -0.05) is 35.5 Å². The molecule has 1 amide bonds. The molecule has 0 fully saturated rings. The maximum absolute atomic E-state index is 14.2. The van der Waals surface area contributed by atoms with E-state index < -0.39 is 17.3 Å². The van der Waals surface area contributed by atoms with Crippen LogP contribution in [0.15, 0.2) is 47.5 Å². The molecular weight excluding hydrogens is 389 g/mol. The van der Waals surface area contributed by atoms with E-state index in [0.29, 0.717) is 15.9 Å². The van der Waals surface area contributed by atoms with Crippen molar-refractivity contribution in [1.29, 1.82) is 0 Å². The molecule has 0 aromatic heterocycles. The summed E-state index contributed by atoms with van der Waals surface area (Å²) in [7, 11) is 0. The molecule has 0 radical (unpaired) electrons. The Bertz CT molecular complexity index is 893. The lowest BCUT2D eigenvalue weighted by Gasteiger charge is -2.30. The number of thioether (sulfide) groups is 1. The number of rotatable bonds is 5. The van der Waals surface area contributed by atoms with Crippen LogP contribution in [0, 0.1) is 5.82 Å². The van der Waals surface area contributed by atoms with Crippen molar-refractivity contribution in [3.63, 3.8) is 0 Å². The van der Waals surface area contributed by atoms with Crippen molar-refractivity contribution in [2.75, 3.05) is 17.7 Å². The third kappa shape index (κ3) is 4.93. The number of carbonyl (C=O) groups excluding carboxylic acids is 1. The van der Waals surface area contributed by atoms with Gasteiger partial charge in [0.15, 0.2) is 11.8 Å². The molecule has 0 saturated heterocycles. The van der Waals surface area contributed by atoms with Gasteiger partial charge < -0.3 is 15.8 Å². The lowest BCUT2D eigenvalue weighted by molar-refractivity contribution is -0.118. The number of hydrogen-bond acceptors (Lipinski definition) is 5. The van der Waals surface area contributed by atoms with Crippen LogP contribution in [0.5, 0.6) is 5.75 Å². The molecule has 8 heteroatoms. The van der Waals surface area contributed by atoms with Gasteiger partial charge in [0.2, 0.25) is 0 Å². The van der Waals surface area contributed by atoms with Gasteiger partial charge in [-0.05, 0) is 49.2 Å². The van der Waals surface area contributed by atoms with Gasteiger partial charge in [-0.3, -0.25) is 9.79 Å². The van der Waals surface area contributed by atoms with Gasteiger partial charge in [0, 0.05) is 10.8 Å². The van der Waals surface area contributed by atoms with Crippen molar-refractivity contribution in [2.45, 2.75) is 18.9 Å². The van der Waals surface area contributed by atoms with Crippen molar-refractivity contribution in [3.8, 4) is 5.75 Å². The molecule has 0 saturated carbocycles. The molecule has 3 rings (SSSR count). The molecule has 0 aliphatic carbocycles. The summed E-state index contributed by atoms with van der Waals surface area (Å²) in [4.78, 5) is 16.7. The minimum Gasteiger partial charge on any atom is -0.484 e. The minimum absolute atomic E-state index is 0.0837. The average molecular weight is 408 g/mol. The lowest BCUT2D eigenvalue weighted by atomic mass is 9.89. The van der Waals surface area contributed by atoms with Crippen LogP contribution in [0.3, 0.4) is 0 Å². The number of carbonyl (C=O) groups is 1. The zero-order chi connectivity index (χ0) is 19.4. The minimum atomic E-state index is -0.542. The second-order valence-corrected chi connectivity index (χ2v) is 7.86. The number of amides is 1. The molecule has 1 atom stereocenters. The molecule has 3 N–H and O–H groups in total. The summed E-state index contributed by atoms with van der Waals surface area (Å²) in [6.45, 7) is 1.68. The maximum Gasteiger partial charge on any atom is 0.262 e. The van der Waals surface area contributed by atoms with E-state index in [1.54, 1.807) is 36.4 Å². The van der Waals surface area contributed by atoms with Crippen LogP contribution in [0.4, 0.5) is 10.1 Å². The first-order valence-electron chi connectivity index (χ1n) is 8.32. The van der Waals surface area contributed by atoms with Crippen molar-refractivity contribution in [3.05, 3.63) is 58.9 Å². The standard InChI is InChI=1S/C19H19ClFN3O2S/c1-19(7-8-27-18(22)24-19)12-5-6-15(21)16(9-12)23-17(25)11-26-14-4-2-3-13(20)10-14/h2-6,9-10H,7-8,11H2,1H3,(H2,22,24)(H,23,25). The Labute approximate surface area is 166 Å². The summed E-state index contributed by atoms with van der Waals surface area (Å²) in [5, 5.41) is 3.56. The number of nitrogens with zero attached hydrogens (tertiary/aromatic N) is 1. The van der Waals surface area contributed by atoms with Crippen LogP contribution in [0.25, 0.3) is 0 Å². The normalized spacial score (nSPS) is 19.3. The van der Waals surface area contributed by atoms with Crippen LogP contribution < -0.4 is 15.8 Å². The highest BCUT2D eigenvalue weighted by atomic mass is 35.5. The predicted molar refractivity (Wildman–Crippen MR) is 108 cm³/mol. The number of anilines is 1. The topological polar surface area (TPSA) is 76.7 Å². The third-order valence-electron chi connectivity index (χ3n) is 4.22. The Hall–Kier alpha value is -2.25. The van der Waals surface area contributed by atoms with Gasteiger partial charge in [0.25, 0.3) is 5.91 Å². The molecule has 1 aliphatic heterocycles. The molecule has 2 aromatic carbocycles. The summed E-state index contributed by atoms with van der Waals surface area (Å²) in [6, 6.07) is 11.3. The second kappa shape index (κ2) is 8.19. The molecule has 27 heavy (non-hydrogen) atoms. The Kier molecular flexibility index (Phi) is 5.92. The average Bonchev–Trinajstić information content (AvgIpc) is 2.61. The highest BCUT2D eigenvalue weighted by Crippen LogP contribution is 2.36. The van der Waals surface area contributed by atoms with Crippen molar-refractivity contribution < 1.29 is 13.9 Å². The maximum atomic E-state index is 14.2. The van der Waals surface area contributed by atoms with Crippen molar-refractivity contribution >= 4 is 40.1 Å². The van der Waals surface area contributed by atoms with E-state index in [9.17, 15) is 9.18 Å². The molecule has 142 valence electrons. The molecule has 2 aromatic rings. The van der Waals surface area contributed by atoms with Crippen LogP contribution in [-0.2, 0) is 10.3 Å². The molecule has 0 bridgehead atoms. The van der Waals surface area contributed by atoms with Gasteiger partial charge in [-0.15, -0.1) is 0 Å². The molecule has 5 nitrogen and oxygen atoms in total. The Morgan fingerprint density at radius 1 is 1.41 bits per heavy atom. The van der Waals surface area contributed by atoms with E-state index in [2.05, 4.69) is 10.3 Å². The molecular formula is C19H19ClFN3O2S. The van der Waals surface area contributed by atoms with E-state index in [1.807, 2.05) is 6.92 Å². The Balaban J connectivity index is 1.71. The zero-order valence-electron chi connectivity index (χ0n) is 14.7. The number of amidine groups is 1. The van der Waals surface area contributed by atoms with Crippen LogP contribution >= 0.6 is 23.4 Å². The van der Waals surface area contributed by atoms with Crippen LogP contribution in [-0.4, -0.2) is 23.4 Å². The highest BCUT2D eigenvalue weighted by molar-refractivity contribution is 8.13. The number of benzene rings is 2. The summed E-state index contributed by atoms with van der Waals surface area (Å²) in [5.41, 5.74) is 6.18.